The van der Waals surface area contributed by atoms with Gasteiger partial charge >= 0.3 is 5.97 Å². The fourth-order valence-electron chi connectivity index (χ4n) is 2.41. The maximum Gasteiger partial charge on any atom is 0.339 e. The summed E-state index contributed by atoms with van der Waals surface area (Å²) in [4.78, 5) is 37.5. The molecule has 0 aliphatic carbocycles. The van der Waals surface area contributed by atoms with Crippen LogP contribution in [0.25, 0.3) is 0 Å². The molecule has 0 aliphatic rings. The second-order valence-corrected chi connectivity index (χ2v) is 8.70. The molecule has 166 valence electrons. The van der Waals surface area contributed by atoms with Crippen LogP contribution in [0.15, 0.2) is 47.4 Å². The minimum absolute atomic E-state index is 0.0741. The molecule has 2 aromatic rings. The average Bonchev–Trinajstić information content (AvgIpc) is 2.74. The van der Waals surface area contributed by atoms with Crippen LogP contribution < -0.4 is 14.8 Å². The summed E-state index contributed by atoms with van der Waals surface area (Å²) in [5.74, 6) is 0.162. The third kappa shape index (κ3) is 7.32. The van der Waals surface area contributed by atoms with Crippen molar-refractivity contribution in [3.8, 4) is 11.5 Å². The minimum atomic E-state index is -0.598. The Hall–Kier alpha value is -3.00. The standard InChI is InChI=1S/C23H27NO6S/c1-23(2,3)20(25)13-30-22(27)18-8-6-7-9-19(18)31-14-21(26)24-15-10-16(28-4)12-17(11-15)29-5/h6-12H,13-14H2,1-5H3,(H,24,26). The van der Waals surface area contributed by atoms with E-state index in [1.807, 2.05) is 0 Å². The van der Waals surface area contributed by atoms with E-state index in [2.05, 4.69) is 5.32 Å². The first-order chi connectivity index (χ1) is 14.6. The molecule has 0 bridgehead atoms. The Balaban J connectivity index is 2.00. The zero-order valence-corrected chi connectivity index (χ0v) is 19.1. The van der Waals surface area contributed by atoms with Crippen LogP contribution in [-0.2, 0) is 14.3 Å². The van der Waals surface area contributed by atoms with Crippen LogP contribution in [0.2, 0.25) is 0 Å². The molecule has 2 aromatic carbocycles. The number of anilines is 1. The summed E-state index contributed by atoms with van der Waals surface area (Å²) < 4.78 is 15.6. The van der Waals surface area contributed by atoms with Crippen molar-refractivity contribution in [1.82, 2.24) is 0 Å². The lowest BCUT2D eigenvalue weighted by atomic mass is 9.91. The molecule has 1 N–H and O–H groups in total. The van der Waals surface area contributed by atoms with Crippen molar-refractivity contribution in [2.45, 2.75) is 25.7 Å². The molecule has 0 saturated carbocycles. The number of hydrogen-bond acceptors (Lipinski definition) is 7. The normalized spacial score (nSPS) is 10.9. The molecule has 0 heterocycles. The van der Waals surface area contributed by atoms with E-state index < -0.39 is 11.4 Å². The lowest BCUT2D eigenvalue weighted by molar-refractivity contribution is -0.129. The third-order valence-electron chi connectivity index (χ3n) is 4.27. The van der Waals surface area contributed by atoms with Crippen molar-refractivity contribution in [3.63, 3.8) is 0 Å². The molecule has 0 saturated heterocycles. The van der Waals surface area contributed by atoms with E-state index in [9.17, 15) is 14.4 Å². The molecule has 1 amide bonds. The molecule has 0 aliphatic heterocycles. The molecule has 31 heavy (non-hydrogen) atoms. The number of rotatable bonds is 9. The van der Waals surface area contributed by atoms with Gasteiger partial charge in [-0.05, 0) is 12.1 Å². The first-order valence-corrected chi connectivity index (χ1v) is 10.6. The first kappa shape index (κ1) is 24.3. The molecular weight excluding hydrogens is 418 g/mol. The number of thioether (sulfide) groups is 1. The highest BCUT2D eigenvalue weighted by atomic mass is 32.2. The summed E-state index contributed by atoms with van der Waals surface area (Å²) in [5, 5.41) is 2.79. The summed E-state index contributed by atoms with van der Waals surface area (Å²) in [6.45, 7) is 5.01. The van der Waals surface area contributed by atoms with Crippen LogP contribution in [0.3, 0.4) is 0 Å². The van der Waals surface area contributed by atoms with Gasteiger partial charge in [0.25, 0.3) is 0 Å². The Kier molecular flexibility index (Phi) is 8.50. The predicted molar refractivity (Wildman–Crippen MR) is 120 cm³/mol. The second kappa shape index (κ2) is 10.9. The molecule has 0 aromatic heterocycles. The summed E-state index contributed by atoms with van der Waals surface area (Å²) in [6.07, 6.45) is 0. The van der Waals surface area contributed by atoms with Gasteiger partial charge in [-0.1, -0.05) is 32.9 Å². The summed E-state index contributed by atoms with van der Waals surface area (Å²) in [7, 11) is 3.06. The topological polar surface area (TPSA) is 90.9 Å². The van der Waals surface area contributed by atoms with Gasteiger partial charge in [-0.25, -0.2) is 4.79 Å². The van der Waals surface area contributed by atoms with Crippen molar-refractivity contribution in [2.75, 3.05) is 31.9 Å². The maximum atomic E-state index is 12.5. The van der Waals surface area contributed by atoms with Gasteiger partial charge in [-0.15, -0.1) is 11.8 Å². The monoisotopic (exact) mass is 445 g/mol. The van der Waals surface area contributed by atoms with E-state index in [0.29, 0.717) is 27.6 Å². The number of Topliss-reactive ketones (excluding diaryl/α,β-unsaturated/α-hetero) is 1. The van der Waals surface area contributed by atoms with Gasteiger partial charge in [0.1, 0.15) is 11.5 Å². The highest BCUT2D eigenvalue weighted by molar-refractivity contribution is 8.00. The highest BCUT2D eigenvalue weighted by Crippen LogP contribution is 2.27. The quantitative estimate of drug-likeness (QED) is 0.457. The van der Waals surface area contributed by atoms with Crippen molar-refractivity contribution in [3.05, 3.63) is 48.0 Å². The first-order valence-electron chi connectivity index (χ1n) is 9.59. The van der Waals surface area contributed by atoms with Crippen molar-refractivity contribution in [1.29, 1.82) is 0 Å². The molecular formula is C23H27NO6S. The Bertz CT molecular complexity index is 929. The Morgan fingerprint density at radius 3 is 2.16 bits per heavy atom. The number of carbonyl (C=O) groups excluding carboxylic acids is 3. The Morgan fingerprint density at radius 1 is 0.968 bits per heavy atom. The Morgan fingerprint density at radius 2 is 1.58 bits per heavy atom. The van der Waals surface area contributed by atoms with Gasteiger partial charge in [0.15, 0.2) is 12.4 Å². The fraction of sp³-hybridized carbons (Fsp3) is 0.348. The lowest BCUT2D eigenvalue weighted by Crippen LogP contribution is -2.26. The van der Waals surface area contributed by atoms with E-state index in [-0.39, 0.29) is 24.1 Å². The predicted octanol–water partition coefficient (Wildman–Crippen LogP) is 4.21. The number of carbonyl (C=O) groups is 3. The summed E-state index contributed by atoms with van der Waals surface area (Å²) >= 11 is 1.20. The minimum Gasteiger partial charge on any atom is -0.497 e. The number of esters is 1. The molecule has 7 nitrogen and oxygen atoms in total. The number of methoxy groups -OCH3 is 2. The molecule has 0 spiro atoms. The van der Waals surface area contributed by atoms with Crippen LogP contribution in [0.5, 0.6) is 11.5 Å². The average molecular weight is 446 g/mol. The number of amides is 1. The molecule has 0 unspecified atom stereocenters. The molecule has 2 rings (SSSR count). The van der Waals surface area contributed by atoms with Gasteiger partial charge < -0.3 is 19.5 Å². The smallest absolute Gasteiger partial charge is 0.339 e. The van der Waals surface area contributed by atoms with Crippen LogP contribution in [0.1, 0.15) is 31.1 Å². The van der Waals surface area contributed by atoms with Gasteiger partial charge in [-0.3, -0.25) is 9.59 Å². The second-order valence-electron chi connectivity index (χ2n) is 7.68. The largest absolute Gasteiger partial charge is 0.497 e. The van der Waals surface area contributed by atoms with Crippen molar-refractivity contribution in [2.24, 2.45) is 5.41 Å². The zero-order valence-electron chi connectivity index (χ0n) is 18.3. The van der Waals surface area contributed by atoms with Gasteiger partial charge in [0, 0.05) is 34.2 Å². The van der Waals surface area contributed by atoms with E-state index in [0.717, 1.165) is 0 Å². The van der Waals surface area contributed by atoms with Crippen LogP contribution in [0, 0.1) is 5.41 Å². The fourth-order valence-corrected chi connectivity index (χ4v) is 3.25. The molecule has 0 atom stereocenters. The van der Waals surface area contributed by atoms with Gasteiger partial charge in [-0.2, -0.15) is 0 Å². The van der Waals surface area contributed by atoms with E-state index in [1.165, 1.54) is 26.0 Å². The van der Waals surface area contributed by atoms with Crippen LogP contribution in [0.4, 0.5) is 5.69 Å². The van der Waals surface area contributed by atoms with Crippen LogP contribution >= 0.6 is 11.8 Å². The van der Waals surface area contributed by atoms with E-state index in [1.54, 1.807) is 63.2 Å². The number of ketones is 1. The molecule has 8 heteroatoms. The van der Waals surface area contributed by atoms with Crippen molar-refractivity contribution >= 4 is 35.1 Å². The van der Waals surface area contributed by atoms with E-state index in [4.69, 9.17) is 14.2 Å². The molecule has 0 radical (unpaired) electrons. The number of benzene rings is 2. The summed E-state index contributed by atoms with van der Waals surface area (Å²) in [6, 6.07) is 11.9. The number of ether oxygens (including phenoxy) is 3. The molecule has 0 fully saturated rings. The third-order valence-corrected chi connectivity index (χ3v) is 5.35. The number of nitrogens with one attached hydrogen (secondary N) is 1. The Labute approximate surface area is 186 Å². The van der Waals surface area contributed by atoms with Crippen molar-refractivity contribution < 1.29 is 28.6 Å². The van der Waals surface area contributed by atoms with Gasteiger partial charge in [0.05, 0.1) is 25.5 Å². The zero-order chi connectivity index (χ0) is 23.0. The lowest BCUT2D eigenvalue weighted by Gasteiger charge is -2.16. The summed E-state index contributed by atoms with van der Waals surface area (Å²) in [5.41, 5.74) is 0.260. The highest BCUT2D eigenvalue weighted by Gasteiger charge is 2.23. The van der Waals surface area contributed by atoms with E-state index >= 15 is 0 Å². The number of hydrogen-bond donors (Lipinski definition) is 1. The van der Waals surface area contributed by atoms with Gasteiger partial charge in [0.2, 0.25) is 5.91 Å². The maximum absolute atomic E-state index is 12.5. The SMILES string of the molecule is COc1cc(NC(=O)CSc2ccccc2C(=O)OCC(=O)C(C)(C)C)cc(OC)c1. The van der Waals surface area contributed by atoms with Crippen LogP contribution in [-0.4, -0.2) is 44.2 Å².